The van der Waals surface area contributed by atoms with Gasteiger partial charge in [0.1, 0.15) is 6.04 Å². The number of hydrogen-bond donors (Lipinski definition) is 4. The highest BCUT2D eigenvalue weighted by Gasteiger charge is 2.25. The highest BCUT2D eigenvalue weighted by molar-refractivity contribution is 5.82. The number of nitrogens with zero attached hydrogens (tertiary/aromatic N) is 1. The lowest BCUT2D eigenvalue weighted by atomic mass is 10.1. The molecule has 1 saturated heterocycles. The number of rotatable bonds is 4. The number of carbonyl (C=O) groups is 2. The number of amides is 2. The molecule has 17 heavy (non-hydrogen) atoms. The number of aliphatic hydroxyl groups excluding tert-OH is 2. The van der Waals surface area contributed by atoms with Gasteiger partial charge in [0, 0.05) is 26.1 Å². The van der Waals surface area contributed by atoms with E-state index in [-0.39, 0.29) is 19.1 Å². The monoisotopic (exact) mass is 246 g/mol. The third kappa shape index (κ3) is 4.20. The number of carboxylic acid groups (broad SMARTS) is 1. The van der Waals surface area contributed by atoms with Gasteiger partial charge >= 0.3 is 12.0 Å². The Morgan fingerprint density at radius 1 is 1.35 bits per heavy atom. The van der Waals surface area contributed by atoms with Crippen LogP contribution in [0.3, 0.4) is 0 Å². The van der Waals surface area contributed by atoms with Gasteiger partial charge in [-0.25, -0.2) is 9.59 Å². The molecule has 4 N–H and O–H groups in total. The van der Waals surface area contributed by atoms with Crippen molar-refractivity contribution in [1.29, 1.82) is 0 Å². The minimum atomic E-state index is -1.16. The quantitative estimate of drug-likeness (QED) is 0.508. The van der Waals surface area contributed by atoms with Gasteiger partial charge in [-0.3, -0.25) is 0 Å². The van der Waals surface area contributed by atoms with Crippen molar-refractivity contribution in [3.63, 3.8) is 0 Å². The van der Waals surface area contributed by atoms with E-state index in [2.05, 4.69) is 5.32 Å². The number of nitrogens with one attached hydrogen (secondary N) is 1. The Balaban J connectivity index is 2.44. The molecule has 0 aromatic heterocycles. The zero-order valence-electron chi connectivity index (χ0n) is 9.50. The number of likely N-dealkylation sites (tertiary alicyclic amines) is 1. The van der Waals surface area contributed by atoms with Crippen molar-refractivity contribution in [3.05, 3.63) is 0 Å². The molecule has 7 nitrogen and oxygen atoms in total. The number of hydrogen-bond acceptors (Lipinski definition) is 4. The second-order valence-corrected chi connectivity index (χ2v) is 4.07. The topological polar surface area (TPSA) is 110 Å². The molecule has 0 radical (unpaired) electrons. The van der Waals surface area contributed by atoms with E-state index >= 15 is 0 Å². The van der Waals surface area contributed by atoms with Crippen molar-refractivity contribution in [2.24, 2.45) is 0 Å². The van der Waals surface area contributed by atoms with E-state index in [1.807, 2.05) is 0 Å². The van der Waals surface area contributed by atoms with Gasteiger partial charge in [-0.15, -0.1) is 0 Å². The van der Waals surface area contributed by atoms with Gasteiger partial charge in [0.25, 0.3) is 0 Å². The maximum Gasteiger partial charge on any atom is 0.326 e. The summed E-state index contributed by atoms with van der Waals surface area (Å²) in [6, 6.07) is -1.53. The largest absolute Gasteiger partial charge is 0.480 e. The van der Waals surface area contributed by atoms with E-state index in [9.17, 15) is 14.7 Å². The molecular weight excluding hydrogens is 228 g/mol. The summed E-state index contributed by atoms with van der Waals surface area (Å²) in [4.78, 5) is 23.9. The van der Waals surface area contributed by atoms with Crippen LogP contribution < -0.4 is 5.32 Å². The lowest BCUT2D eigenvalue weighted by molar-refractivity contribution is -0.139. The molecule has 0 aromatic carbocycles. The van der Waals surface area contributed by atoms with Crippen LogP contribution in [0.4, 0.5) is 4.79 Å². The van der Waals surface area contributed by atoms with Gasteiger partial charge < -0.3 is 25.5 Å². The highest BCUT2D eigenvalue weighted by atomic mass is 16.4. The van der Waals surface area contributed by atoms with Crippen LogP contribution in [0.25, 0.3) is 0 Å². The first-order chi connectivity index (χ1) is 8.04. The molecule has 98 valence electrons. The second-order valence-electron chi connectivity index (χ2n) is 4.07. The van der Waals surface area contributed by atoms with E-state index in [0.717, 1.165) is 0 Å². The van der Waals surface area contributed by atoms with Gasteiger partial charge in [-0.2, -0.15) is 0 Å². The molecule has 0 aliphatic carbocycles. The smallest absolute Gasteiger partial charge is 0.326 e. The van der Waals surface area contributed by atoms with E-state index in [1.165, 1.54) is 4.90 Å². The highest BCUT2D eigenvalue weighted by Crippen LogP contribution is 2.10. The Hall–Kier alpha value is -1.34. The number of aliphatic hydroxyl groups is 2. The van der Waals surface area contributed by atoms with Gasteiger partial charge in [0.15, 0.2) is 0 Å². The van der Waals surface area contributed by atoms with E-state index in [0.29, 0.717) is 25.9 Å². The van der Waals surface area contributed by atoms with Crippen LogP contribution in [0.2, 0.25) is 0 Å². The van der Waals surface area contributed by atoms with Crippen LogP contribution >= 0.6 is 0 Å². The molecule has 0 unspecified atom stereocenters. The van der Waals surface area contributed by atoms with Gasteiger partial charge in [-0.05, 0) is 12.8 Å². The van der Waals surface area contributed by atoms with Gasteiger partial charge in [0.05, 0.1) is 6.10 Å². The normalized spacial score (nSPS) is 18.8. The molecule has 1 rings (SSSR count). The molecule has 7 heteroatoms. The van der Waals surface area contributed by atoms with Crippen LogP contribution in [0, 0.1) is 0 Å². The summed E-state index contributed by atoms with van der Waals surface area (Å²) in [5, 5.41) is 29.1. The Morgan fingerprint density at radius 2 is 1.94 bits per heavy atom. The minimum Gasteiger partial charge on any atom is -0.480 e. The van der Waals surface area contributed by atoms with Crippen LogP contribution in [-0.2, 0) is 4.79 Å². The molecule has 0 aromatic rings. The first-order valence-electron chi connectivity index (χ1n) is 5.61. The maximum atomic E-state index is 11.7. The van der Waals surface area contributed by atoms with E-state index in [4.69, 9.17) is 10.2 Å². The summed E-state index contributed by atoms with van der Waals surface area (Å²) in [6.07, 6.45) is 0.611. The standard InChI is InChI=1S/C10H18N2O5/c13-6-3-8(9(15)16)11-10(17)12-4-1-7(14)2-5-12/h7-8,13-14H,1-6H2,(H,11,17)(H,15,16)/t8-/m1/s1. The van der Waals surface area contributed by atoms with E-state index < -0.39 is 18.0 Å². The summed E-state index contributed by atoms with van der Waals surface area (Å²) >= 11 is 0. The van der Waals surface area contributed by atoms with Gasteiger partial charge in [-0.1, -0.05) is 0 Å². The Kier molecular flexibility index (Phi) is 5.17. The van der Waals surface area contributed by atoms with Crippen molar-refractivity contribution in [1.82, 2.24) is 10.2 Å². The lowest BCUT2D eigenvalue weighted by Gasteiger charge is -2.30. The summed E-state index contributed by atoms with van der Waals surface area (Å²) in [6.45, 7) is 0.535. The van der Waals surface area contributed by atoms with Crippen LogP contribution in [-0.4, -0.2) is 64.1 Å². The second kappa shape index (κ2) is 6.41. The van der Waals surface area contributed by atoms with Crippen LogP contribution in [0.1, 0.15) is 19.3 Å². The predicted octanol–water partition coefficient (Wildman–Crippen LogP) is -1.01. The number of aliphatic carboxylic acids is 1. The SMILES string of the molecule is O=C(O)[C@@H](CCO)NC(=O)N1CCC(O)CC1. The summed E-state index contributed by atoms with van der Waals surface area (Å²) in [5.41, 5.74) is 0. The number of urea groups is 1. The maximum absolute atomic E-state index is 11.7. The minimum absolute atomic E-state index is 0.0163. The summed E-state index contributed by atoms with van der Waals surface area (Å²) < 4.78 is 0. The predicted molar refractivity (Wildman–Crippen MR) is 58.5 cm³/mol. The molecule has 1 aliphatic heterocycles. The molecular formula is C10H18N2O5. The zero-order valence-corrected chi connectivity index (χ0v) is 9.50. The van der Waals surface area contributed by atoms with Crippen molar-refractivity contribution in [2.75, 3.05) is 19.7 Å². The molecule has 1 heterocycles. The van der Waals surface area contributed by atoms with Crippen LogP contribution in [0.15, 0.2) is 0 Å². The fourth-order valence-electron chi connectivity index (χ4n) is 1.70. The first kappa shape index (κ1) is 13.7. The molecule has 1 atom stereocenters. The number of carbonyl (C=O) groups excluding carboxylic acids is 1. The number of piperidine rings is 1. The Labute approximate surface area is 99.0 Å². The summed E-state index contributed by atoms with van der Waals surface area (Å²) in [7, 11) is 0. The molecule has 0 spiro atoms. The van der Waals surface area contributed by atoms with Crippen molar-refractivity contribution in [2.45, 2.75) is 31.4 Å². The van der Waals surface area contributed by atoms with Crippen molar-refractivity contribution < 1.29 is 24.9 Å². The Bertz CT molecular complexity index is 276. The summed E-state index contributed by atoms with van der Waals surface area (Å²) in [5.74, 6) is -1.16. The van der Waals surface area contributed by atoms with Crippen LogP contribution in [0.5, 0.6) is 0 Å². The van der Waals surface area contributed by atoms with Crippen molar-refractivity contribution in [3.8, 4) is 0 Å². The fourth-order valence-corrected chi connectivity index (χ4v) is 1.70. The molecule has 0 bridgehead atoms. The third-order valence-electron chi connectivity index (χ3n) is 2.77. The average molecular weight is 246 g/mol. The molecule has 1 aliphatic rings. The van der Waals surface area contributed by atoms with E-state index in [1.54, 1.807) is 0 Å². The number of carboxylic acids is 1. The lowest BCUT2D eigenvalue weighted by Crippen LogP contribution is -2.50. The third-order valence-corrected chi connectivity index (χ3v) is 2.77. The molecule has 2 amide bonds. The zero-order chi connectivity index (χ0) is 12.8. The average Bonchev–Trinajstić information content (AvgIpc) is 2.29. The first-order valence-corrected chi connectivity index (χ1v) is 5.61. The fraction of sp³-hybridized carbons (Fsp3) is 0.800. The van der Waals surface area contributed by atoms with Crippen molar-refractivity contribution >= 4 is 12.0 Å². The van der Waals surface area contributed by atoms with Gasteiger partial charge in [0.2, 0.25) is 0 Å². The Morgan fingerprint density at radius 3 is 2.41 bits per heavy atom. The molecule has 0 saturated carbocycles. The molecule has 1 fully saturated rings.